The van der Waals surface area contributed by atoms with Crippen molar-refractivity contribution in [3.63, 3.8) is 0 Å². The van der Waals surface area contributed by atoms with E-state index in [1.165, 1.54) is 9.75 Å². The minimum atomic E-state index is 0.451. The van der Waals surface area contributed by atoms with Gasteiger partial charge in [0.2, 0.25) is 0 Å². The molecule has 2 rings (SSSR count). The van der Waals surface area contributed by atoms with Crippen LogP contribution < -0.4 is 5.32 Å². The maximum Gasteiger partial charge on any atom is 0.108 e. The average molecular weight is 277 g/mol. The summed E-state index contributed by atoms with van der Waals surface area (Å²) in [6.07, 6.45) is 7.13. The Morgan fingerprint density at radius 2 is 2.21 bits per heavy atom. The summed E-state index contributed by atoms with van der Waals surface area (Å²) in [6, 6.07) is 4.98. The second kappa shape index (κ2) is 6.87. The number of thiophene rings is 1. The molecular formula is C15H23N3S. The lowest BCUT2D eigenvalue weighted by atomic mass is 10.1. The Morgan fingerprint density at radius 1 is 1.37 bits per heavy atom. The van der Waals surface area contributed by atoms with Crippen molar-refractivity contribution < 1.29 is 0 Å². The summed E-state index contributed by atoms with van der Waals surface area (Å²) in [5, 5.41) is 3.59. The molecule has 0 amide bonds. The summed E-state index contributed by atoms with van der Waals surface area (Å²) >= 11 is 1.93. The van der Waals surface area contributed by atoms with Gasteiger partial charge in [0.15, 0.2) is 0 Å². The van der Waals surface area contributed by atoms with Crippen molar-refractivity contribution in [1.29, 1.82) is 0 Å². The lowest BCUT2D eigenvalue weighted by molar-refractivity contribution is 0.513. The van der Waals surface area contributed by atoms with Gasteiger partial charge in [0, 0.05) is 41.7 Å². The molecule has 2 aromatic rings. The summed E-state index contributed by atoms with van der Waals surface area (Å²) in [7, 11) is 2.06. The Kier molecular flexibility index (Phi) is 5.16. The van der Waals surface area contributed by atoms with Crippen molar-refractivity contribution in [1.82, 2.24) is 14.9 Å². The predicted octanol–water partition coefficient (Wildman–Crippen LogP) is 3.33. The molecule has 0 radical (unpaired) electrons. The fourth-order valence-corrected chi connectivity index (χ4v) is 3.34. The third-order valence-corrected chi connectivity index (χ3v) is 4.75. The number of imidazole rings is 1. The first-order chi connectivity index (χ1) is 9.24. The van der Waals surface area contributed by atoms with Gasteiger partial charge in [0.1, 0.15) is 5.82 Å². The van der Waals surface area contributed by atoms with Crippen molar-refractivity contribution >= 4 is 11.3 Å². The molecule has 2 heterocycles. The number of hydrogen-bond donors (Lipinski definition) is 1. The molecule has 0 aliphatic carbocycles. The molecule has 1 N–H and O–H groups in total. The third-order valence-electron chi connectivity index (χ3n) is 3.40. The van der Waals surface area contributed by atoms with E-state index in [4.69, 9.17) is 0 Å². The number of nitrogens with one attached hydrogen (secondary N) is 1. The molecule has 104 valence electrons. The SMILES string of the molecule is CCNC(CCc1nccn1C)c1ccc(CC)s1. The van der Waals surface area contributed by atoms with E-state index in [9.17, 15) is 0 Å². The Morgan fingerprint density at radius 3 is 2.79 bits per heavy atom. The molecule has 0 spiro atoms. The summed E-state index contributed by atoms with van der Waals surface area (Å²) < 4.78 is 2.11. The van der Waals surface area contributed by atoms with Crippen LogP contribution in [0.3, 0.4) is 0 Å². The molecule has 0 saturated carbocycles. The van der Waals surface area contributed by atoms with Gasteiger partial charge in [-0.3, -0.25) is 0 Å². The van der Waals surface area contributed by atoms with E-state index in [-0.39, 0.29) is 0 Å². The highest BCUT2D eigenvalue weighted by Gasteiger charge is 2.13. The van der Waals surface area contributed by atoms with Gasteiger partial charge in [-0.2, -0.15) is 0 Å². The maximum absolute atomic E-state index is 4.40. The molecule has 0 fully saturated rings. The molecule has 0 aromatic carbocycles. The zero-order valence-electron chi connectivity index (χ0n) is 12.0. The van der Waals surface area contributed by atoms with E-state index in [1.807, 2.05) is 23.7 Å². The minimum Gasteiger partial charge on any atom is -0.338 e. The number of aryl methyl sites for hydroxylation is 3. The topological polar surface area (TPSA) is 29.9 Å². The molecule has 0 aliphatic rings. The highest BCUT2D eigenvalue weighted by atomic mass is 32.1. The van der Waals surface area contributed by atoms with Gasteiger partial charge >= 0.3 is 0 Å². The Labute approximate surface area is 119 Å². The van der Waals surface area contributed by atoms with Crippen LogP contribution in [0.25, 0.3) is 0 Å². The first-order valence-electron chi connectivity index (χ1n) is 7.02. The van der Waals surface area contributed by atoms with Crippen LogP contribution in [0, 0.1) is 0 Å². The van der Waals surface area contributed by atoms with Crippen molar-refractivity contribution in [3.05, 3.63) is 40.1 Å². The Hall–Kier alpha value is -1.13. The van der Waals surface area contributed by atoms with Crippen LogP contribution in [0.1, 0.15) is 41.9 Å². The van der Waals surface area contributed by atoms with Crippen molar-refractivity contribution in [2.45, 2.75) is 39.2 Å². The van der Waals surface area contributed by atoms with Crippen LogP contribution in [0.5, 0.6) is 0 Å². The van der Waals surface area contributed by atoms with Gasteiger partial charge in [-0.1, -0.05) is 13.8 Å². The first-order valence-corrected chi connectivity index (χ1v) is 7.84. The van der Waals surface area contributed by atoms with E-state index in [0.29, 0.717) is 6.04 Å². The highest BCUT2D eigenvalue weighted by molar-refractivity contribution is 7.12. The van der Waals surface area contributed by atoms with Crippen molar-refractivity contribution in [2.24, 2.45) is 7.05 Å². The number of aromatic nitrogens is 2. The van der Waals surface area contributed by atoms with E-state index in [0.717, 1.165) is 31.6 Å². The van der Waals surface area contributed by atoms with E-state index in [2.05, 4.69) is 47.9 Å². The summed E-state index contributed by atoms with van der Waals surface area (Å²) in [5.41, 5.74) is 0. The van der Waals surface area contributed by atoms with Gasteiger partial charge < -0.3 is 9.88 Å². The average Bonchev–Trinajstić information content (AvgIpc) is 3.03. The summed E-state index contributed by atoms with van der Waals surface area (Å²) in [5.74, 6) is 1.16. The van der Waals surface area contributed by atoms with E-state index in [1.54, 1.807) is 0 Å². The standard InChI is InChI=1S/C15H23N3S/c1-4-12-6-8-14(19-12)13(16-5-2)7-9-15-17-10-11-18(15)3/h6,8,10-11,13,16H,4-5,7,9H2,1-3H3. The Balaban J connectivity index is 2.01. The monoisotopic (exact) mass is 277 g/mol. The second-order valence-electron chi connectivity index (χ2n) is 4.76. The smallest absolute Gasteiger partial charge is 0.108 e. The quantitative estimate of drug-likeness (QED) is 0.841. The molecule has 1 unspecified atom stereocenters. The minimum absolute atomic E-state index is 0.451. The van der Waals surface area contributed by atoms with Crippen molar-refractivity contribution in [2.75, 3.05) is 6.54 Å². The zero-order chi connectivity index (χ0) is 13.7. The van der Waals surface area contributed by atoms with Gasteiger partial charge in [-0.05, 0) is 31.5 Å². The molecule has 19 heavy (non-hydrogen) atoms. The van der Waals surface area contributed by atoms with Crippen LogP contribution in [0.15, 0.2) is 24.5 Å². The molecule has 3 nitrogen and oxygen atoms in total. The zero-order valence-corrected chi connectivity index (χ0v) is 12.8. The van der Waals surface area contributed by atoms with Crippen LogP contribution in [-0.4, -0.2) is 16.1 Å². The first kappa shape index (κ1) is 14.3. The lowest BCUT2D eigenvalue weighted by Crippen LogP contribution is -2.21. The van der Waals surface area contributed by atoms with Gasteiger partial charge in [-0.25, -0.2) is 4.98 Å². The van der Waals surface area contributed by atoms with Crippen LogP contribution >= 0.6 is 11.3 Å². The molecule has 2 aromatic heterocycles. The van der Waals surface area contributed by atoms with E-state index < -0.39 is 0 Å². The van der Waals surface area contributed by atoms with Gasteiger partial charge in [0.25, 0.3) is 0 Å². The van der Waals surface area contributed by atoms with Gasteiger partial charge in [-0.15, -0.1) is 11.3 Å². The fraction of sp³-hybridized carbons (Fsp3) is 0.533. The molecule has 4 heteroatoms. The largest absolute Gasteiger partial charge is 0.338 e. The number of hydrogen-bond acceptors (Lipinski definition) is 3. The molecule has 1 atom stereocenters. The van der Waals surface area contributed by atoms with Gasteiger partial charge in [0.05, 0.1) is 0 Å². The lowest BCUT2D eigenvalue weighted by Gasteiger charge is -2.16. The number of rotatable bonds is 7. The third kappa shape index (κ3) is 3.67. The predicted molar refractivity (Wildman–Crippen MR) is 81.6 cm³/mol. The van der Waals surface area contributed by atoms with Crippen molar-refractivity contribution in [3.8, 4) is 0 Å². The van der Waals surface area contributed by atoms with Crippen LogP contribution in [0.4, 0.5) is 0 Å². The number of nitrogens with zero attached hydrogens (tertiary/aromatic N) is 2. The highest BCUT2D eigenvalue weighted by Crippen LogP contribution is 2.26. The maximum atomic E-state index is 4.40. The Bertz CT molecular complexity index is 501. The fourth-order valence-electron chi connectivity index (χ4n) is 2.27. The van der Waals surface area contributed by atoms with Crippen LogP contribution in [0.2, 0.25) is 0 Å². The van der Waals surface area contributed by atoms with E-state index >= 15 is 0 Å². The molecular weight excluding hydrogens is 254 g/mol. The normalized spacial score (nSPS) is 12.8. The molecule has 0 aliphatic heterocycles. The molecule has 0 bridgehead atoms. The van der Waals surface area contributed by atoms with Crippen LogP contribution in [-0.2, 0) is 19.9 Å². The summed E-state index contributed by atoms with van der Waals surface area (Å²) in [6.45, 7) is 5.39. The second-order valence-corrected chi connectivity index (χ2v) is 5.96. The summed E-state index contributed by atoms with van der Waals surface area (Å²) in [4.78, 5) is 7.32. The molecule has 0 saturated heterocycles.